The van der Waals surface area contributed by atoms with E-state index in [2.05, 4.69) is 9.97 Å². The number of imidazole rings is 1. The van der Waals surface area contributed by atoms with Crippen molar-refractivity contribution in [3.05, 3.63) is 29.6 Å². The number of fused-ring (bicyclic) bond motifs is 1. The van der Waals surface area contributed by atoms with E-state index < -0.39 is 0 Å². The normalized spacial score (nSPS) is 13.4. The monoisotopic (exact) mass is 191 g/mol. The number of methoxy groups -OCH3 is 1. The molecular formula is C10H13N3O. The van der Waals surface area contributed by atoms with E-state index in [1.807, 2.05) is 25.1 Å². The maximum atomic E-state index is 5.74. The summed E-state index contributed by atoms with van der Waals surface area (Å²) in [5.74, 6) is 0.906. The van der Waals surface area contributed by atoms with Crippen LogP contribution >= 0.6 is 0 Å². The van der Waals surface area contributed by atoms with Gasteiger partial charge in [-0.15, -0.1) is 0 Å². The van der Waals surface area contributed by atoms with Crippen molar-refractivity contribution in [2.45, 2.75) is 13.2 Å². The van der Waals surface area contributed by atoms with Gasteiger partial charge in [-0.05, 0) is 24.6 Å². The van der Waals surface area contributed by atoms with Crippen LogP contribution < -0.4 is 5.73 Å². The van der Waals surface area contributed by atoms with Gasteiger partial charge in [-0.2, -0.15) is 0 Å². The van der Waals surface area contributed by atoms with Gasteiger partial charge in [0.05, 0.1) is 11.0 Å². The third kappa shape index (κ3) is 1.49. The standard InChI is InChI=1S/C10H13N3O/c1-6-12-8-4-3-7(10(11)14-2)5-9(8)13-6/h3-5,10H,11H2,1-2H3,(H,12,13). The number of nitrogens with zero attached hydrogens (tertiary/aromatic N) is 1. The smallest absolute Gasteiger partial charge is 0.131 e. The van der Waals surface area contributed by atoms with E-state index >= 15 is 0 Å². The minimum Gasteiger partial charge on any atom is -0.363 e. The van der Waals surface area contributed by atoms with Crippen LogP contribution in [0.4, 0.5) is 0 Å². The van der Waals surface area contributed by atoms with Gasteiger partial charge in [-0.1, -0.05) is 6.07 Å². The number of nitrogens with one attached hydrogen (secondary N) is 1. The number of aromatic amines is 1. The van der Waals surface area contributed by atoms with Crippen molar-refractivity contribution in [1.82, 2.24) is 9.97 Å². The first kappa shape index (κ1) is 9.18. The number of benzene rings is 1. The Morgan fingerprint density at radius 1 is 1.50 bits per heavy atom. The molecule has 2 aromatic rings. The second kappa shape index (κ2) is 3.40. The first-order valence-electron chi connectivity index (χ1n) is 4.45. The summed E-state index contributed by atoms with van der Waals surface area (Å²) in [4.78, 5) is 7.46. The number of ether oxygens (including phenoxy) is 1. The number of rotatable bonds is 2. The first-order chi connectivity index (χ1) is 6.70. The molecule has 0 aliphatic heterocycles. The van der Waals surface area contributed by atoms with Crippen molar-refractivity contribution >= 4 is 11.0 Å². The Hall–Kier alpha value is -1.39. The molecule has 1 aromatic heterocycles. The lowest BCUT2D eigenvalue weighted by atomic mass is 10.2. The van der Waals surface area contributed by atoms with Crippen LogP contribution in [0.2, 0.25) is 0 Å². The zero-order valence-electron chi connectivity index (χ0n) is 8.24. The Bertz CT molecular complexity index is 450. The molecule has 0 amide bonds. The summed E-state index contributed by atoms with van der Waals surface area (Å²) in [6, 6.07) is 5.83. The molecule has 0 aliphatic rings. The SMILES string of the molecule is COC(N)c1ccc2nc(C)[nH]c2c1. The Morgan fingerprint density at radius 3 is 3.00 bits per heavy atom. The predicted octanol–water partition coefficient (Wildman–Crippen LogP) is 1.48. The van der Waals surface area contributed by atoms with Crippen molar-refractivity contribution in [2.24, 2.45) is 5.73 Å². The molecule has 1 heterocycles. The van der Waals surface area contributed by atoms with Gasteiger partial charge in [-0.25, -0.2) is 4.98 Å². The average molecular weight is 191 g/mol. The van der Waals surface area contributed by atoms with E-state index in [0.29, 0.717) is 0 Å². The lowest BCUT2D eigenvalue weighted by Gasteiger charge is -2.08. The van der Waals surface area contributed by atoms with E-state index in [1.165, 1.54) is 0 Å². The molecule has 1 atom stereocenters. The van der Waals surface area contributed by atoms with Gasteiger partial charge in [0.25, 0.3) is 0 Å². The lowest BCUT2D eigenvalue weighted by Crippen LogP contribution is -2.11. The van der Waals surface area contributed by atoms with Crippen LogP contribution in [-0.2, 0) is 4.74 Å². The van der Waals surface area contributed by atoms with Crippen molar-refractivity contribution in [3.8, 4) is 0 Å². The molecule has 0 radical (unpaired) electrons. The van der Waals surface area contributed by atoms with Gasteiger partial charge in [0.2, 0.25) is 0 Å². The molecule has 0 spiro atoms. The van der Waals surface area contributed by atoms with Gasteiger partial charge in [0, 0.05) is 7.11 Å². The summed E-state index contributed by atoms with van der Waals surface area (Å²) in [5.41, 5.74) is 8.63. The van der Waals surface area contributed by atoms with Gasteiger partial charge >= 0.3 is 0 Å². The number of aromatic nitrogens is 2. The molecule has 1 aromatic carbocycles. The average Bonchev–Trinajstić information content (AvgIpc) is 2.55. The highest BCUT2D eigenvalue weighted by atomic mass is 16.5. The molecule has 3 N–H and O–H groups in total. The fourth-order valence-corrected chi connectivity index (χ4v) is 1.47. The minimum absolute atomic E-state index is 0.372. The molecule has 0 aliphatic carbocycles. The van der Waals surface area contributed by atoms with Crippen molar-refractivity contribution in [3.63, 3.8) is 0 Å². The highest BCUT2D eigenvalue weighted by Gasteiger charge is 2.06. The van der Waals surface area contributed by atoms with E-state index in [-0.39, 0.29) is 6.23 Å². The maximum absolute atomic E-state index is 5.74. The molecule has 0 saturated carbocycles. The number of aryl methyl sites for hydroxylation is 1. The second-order valence-electron chi connectivity index (χ2n) is 3.26. The first-order valence-corrected chi connectivity index (χ1v) is 4.45. The molecule has 0 saturated heterocycles. The van der Waals surface area contributed by atoms with Crippen molar-refractivity contribution < 1.29 is 4.74 Å². The van der Waals surface area contributed by atoms with Crippen molar-refractivity contribution in [2.75, 3.05) is 7.11 Å². The second-order valence-corrected chi connectivity index (χ2v) is 3.26. The minimum atomic E-state index is -0.372. The van der Waals surface area contributed by atoms with E-state index in [0.717, 1.165) is 22.4 Å². The van der Waals surface area contributed by atoms with Crippen LogP contribution in [0.1, 0.15) is 17.6 Å². The molecule has 2 rings (SSSR count). The molecule has 4 heteroatoms. The van der Waals surface area contributed by atoms with E-state index in [9.17, 15) is 0 Å². The van der Waals surface area contributed by atoms with Crippen LogP contribution in [0.25, 0.3) is 11.0 Å². The molecule has 0 bridgehead atoms. The maximum Gasteiger partial charge on any atom is 0.131 e. The van der Waals surface area contributed by atoms with Gasteiger partial charge in [-0.3, -0.25) is 0 Å². The Labute approximate surface area is 82.1 Å². The van der Waals surface area contributed by atoms with Gasteiger partial charge in [0.1, 0.15) is 12.1 Å². The zero-order valence-corrected chi connectivity index (χ0v) is 8.24. The fraction of sp³-hybridized carbons (Fsp3) is 0.300. The third-order valence-corrected chi connectivity index (χ3v) is 2.21. The topological polar surface area (TPSA) is 63.9 Å². The largest absolute Gasteiger partial charge is 0.363 e. The fourth-order valence-electron chi connectivity index (χ4n) is 1.47. The lowest BCUT2D eigenvalue weighted by molar-refractivity contribution is 0.109. The van der Waals surface area contributed by atoms with Crippen LogP contribution in [0.5, 0.6) is 0 Å². The molecule has 0 fully saturated rings. The highest BCUT2D eigenvalue weighted by Crippen LogP contribution is 2.17. The quantitative estimate of drug-likeness (QED) is 0.706. The van der Waals surface area contributed by atoms with Gasteiger partial charge in [0.15, 0.2) is 0 Å². The molecule has 74 valence electrons. The number of hydrogen-bond acceptors (Lipinski definition) is 3. The Morgan fingerprint density at radius 2 is 2.29 bits per heavy atom. The summed E-state index contributed by atoms with van der Waals surface area (Å²) in [5, 5.41) is 0. The van der Waals surface area contributed by atoms with E-state index in [4.69, 9.17) is 10.5 Å². The summed E-state index contributed by atoms with van der Waals surface area (Å²) in [7, 11) is 1.59. The van der Waals surface area contributed by atoms with E-state index in [1.54, 1.807) is 7.11 Å². The van der Waals surface area contributed by atoms with Crippen molar-refractivity contribution in [1.29, 1.82) is 0 Å². The molecule has 4 nitrogen and oxygen atoms in total. The molecular weight excluding hydrogens is 178 g/mol. The van der Waals surface area contributed by atoms with Gasteiger partial charge < -0.3 is 15.5 Å². The van der Waals surface area contributed by atoms with Crippen LogP contribution in [0.15, 0.2) is 18.2 Å². The summed E-state index contributed by atoms with van der Waals surface area (Å²) >= 11 is 0. The summed E-state index contributed by atoms with van der Waals surface area (Å²) < 4.78 is 5.04. The Balaban J connectivity index is 2.50. The van der Waals surface area contributed by atoms with Crippen LogP contribution in [-0.4, -0.2) is 17.1 Å². The number of hydrogen-bond donors (Lipinski definition) is 2. The molecule has 14 heavy (non-hydrogen) atoms. The number of nitrogens with two attached hydrogens (primary N) is 1. The number of H-pyrrole nitrogens is 1. The molecule has 1 unspecified atom stereocenters. The highest BCUT2D eigenvalue weighted by molar-refractivity contribution is 5.75. The Kier molecular flexibility index (Phi) is 2.23. The third-order valence-electron chi connectivity index (χ3n) is 2.21. The predicted molar refractivity (Wildman–Crippen MR) is 54.8 cm³/mol. The van der Waals surface area contributed by atoms with Crippen LogP contribution in [0.3, 0.4) is 0 Å². The zero-order chi connectivity index (χ0) is 10.1. The summed E-state index contributed by atoms with van der Waals surface area (Å²) in [6.07, 6.45) is -0.372. The van der Waals surface area contributed by atoms with Crippen LogP contribution in [0, 0.1) is 6.92 Å². The summed E-state index contributed by atoms with van der Waals surface area (Å²) in [6.45, 7) is 1.93.